The minimum absolute atomic E-state index is 0.381. The van der Waals surface area contributed by atoms with Gasteiger partial charge in [-0.05, 0) is 23.3 Å². The van der Waals surface area contributed by atoms with Crippen LogP contribution in [0.25, 0.3) is 11.1 Å². The van der Waals surface area contributed by atoms with Crippen LogP contribution in [0, 0.1) is 0 Å². The normalized spacial score (nSPS) is 16.0. The molecule has 5 heteroatoms. The van der Waals surface area contributed by atoms with Crippen LogP contribution in [0.3, 0.4) is 0 Å². The molecule has 0 bridgehead atoms. The highest BCUT2D eigenvalue weighted by atomic mass is 16.5. The monoisotopic (exact) mass is 284 g/mol. The second-order valence-corrected chi connectivity index (χ2v) is 5.25. The molecular weight excluding hydrogens is 264 g/mol. The largest absolute Gasteiger partial charge is 0.395 e. The molecule has 2 heterocycles. The number of nitrogens with two attached hydrogens (primary N) is 2. The van der Waals surface area contributed by atoms with Gasteiger partial charge >= 0.3 is 0 Å². The van der Waals surface area contributed by atoms with E-state index in [-0.39, 0.29) is 0 Å². The highest BCUT2D eigenvalue weighted by molar-refractivity contribution is 5.82. The molecule has 0 amide bonds. The Morgan fingerprint density at radius 3 is 2.76 bits per heavy atom. The van der Waals surface area contributed by atoms with E-state index in [1.165, 1.54) is 5.56 Å². The lowest BCUT2D eigenvalue weighted by atomic mass is 10.0. The summed E-state index contributed by atoms with van der Waals surface area (Å²) in [6.07, 6.45) is 1.69. The molecule has 0 spiro atoms. The Bertz CT molecular complexity index is 623. The summed E-state index contributed by atoms with van der Waals surface area (Å²) in [5, 5.41) is 0. The summed E-state index contributed by atoms with van der Waals surface area (Å²) in [5.74, 6) is 0.381. The van der Waals surface area contributed by atoms with Gasteiger partial charge in [-0.1, -0.05) is 18.2 Å². The molecule has 3 rings (SSSR count). The zero-order valence-corrected chi connectivity index (χ0v) is 12.0. The van der Waals surface area contributed by atoms with Crippen LogP contribution in [0.5, 0.6) is 0 Å². The van der Waals surface area contributed by atoms with Gasteiger partial charge < -0.3 is 16.2 Å². The highest BCUT2D eigenvalue weighted by Crippen LogP contribution is 2.29. The van der Waals surface area contributed by atoms with Crippen molar-refractivity contribution in [3.05, 3.63) is 42.1 Å². The summed E-state index contributed by atoms with van der Waals surface area (Å²) in [7, 11) is 0. The summed E-state index contributed by atoms with van der Waals surface area (Å²) in [4.78, 5) is 6.41. The fraction of sp³-hybridized carbons (Fsp3) is 0.312. The molecule has 0 aliphatic carbocycles. The Labute approximate surface area is 124 Å². The average Bonchev–Trinajstić information content (AvgIpc) is 2.51. The molecule has 1 aromatic heterocycles. The van der Waals surface area contributed by atoms with Crippen molar-refractivity contribution in [2.75, 3.05) is 37.8 Å². The van der Waals surface area contributed by atoms with Gasteiger partial charge in [0.2, 0.25) is 0 Å². The minimum atomic E-state index is 0.381. The molecule has 0 atom stereocenters. The van der Waals surface area contributed by atoms with Gasteiger partial charge in [-0.2, -0.15) is 0 Å². The van der Waals surface area contributed by atoms with E-state index in [0.29, 0.717) is 11.5 Å². The molecule has 1 aromatic carbocycles. The van der Waals surface area contributed by atoms with Crippen LogP contribution in [0.4, 0.5) is 11.5 Å². The van der Waals surface area contributed by atoms with Crippen molar-refractivity contribution in [2.24, 2.45) is 0 Å². The summed E-state index contributed by atoms with van der Waals surface area (Å²) in [6, 6.07) is 10.3. The Kier molecular flexibility index (Phi) is 4.03. The molecule has 1 fully saturated rings. The highest BCUT2D eigenvalue weighted by Gasteiger charge is 2.12. The fourth-order valence-electron chi connectivity index (χ4n) is 2.60. The maximum atomic E-state index is 6.03. The lowest BCUT2D eigenvalue weighted by molar-refractivity contribution is 0.0342. The minimum Gasteiger partial charge on any atom is -0.395 e. The molecule has 5 nitrogen and oxygen atoms in total. The van der Waals surface area contributed by atoms with Crippen LogP contribution < -0.4 is 11.5 Å². The predicted molar refractivity (Wildman–Crippen MR) is 84.6 cm³/mol. The van der Waals surface area contributed by atoms with Crippen molar-refractivity contribution in [1.29, 1.82) is 0 Å². The lowest BCUT2D eigenvalue weighted by Gasteiger charge is -2.26. The molecule has 4 N–H and O–H groups in total. The summed E-state index contributed by atoms with van der Waals surface area (Å²) < 4.78 is 5.38. The summed E-state index contributed by atoms with van der Waals surface area (Å²) >= 11 is 0. The van der Waals surface area contributed by atoms with E-state index in [2.05, 4.69) is 28.1 Å². The van der Waals surface area contributed by atoms with E-state index in [1.54, 1.807) is 6.20 Å². The van der Waals surface area contributed by atoms with Crippen LogP contribution in [0.15, 0.2) is 36.5 Å². The van der Waals surface area contributed by atoms with Crippen molar-refractivity contribution in [3.63, 3.8) is 0 Å². The van der Waals surface area contributed by atoms with Crippen LogP contribution in [-0.4, -0.2) is 36.2 Å². The van der Waals surface area contributed by atoms with Gasteiger partial charge in [0.25, 0.3) is 0 Å². The Balaban J connectivity index is 1.84. The van der Waals surface area contributed by atoms with Crippen molar-refractivity contribution >= 4 is 11.5 Å². The van der Waals surface area contributed by atoms with Gasteiger partial charge in [0.15, 0.2) is 0 Å². The van der Waals surface area contributed by atoms with E-state index in [0.717, 1.165) is 44.0 Å². The number of benzene rings is 1. The lowest BCUT2D eigenvalue weighted by Crippen LogP contribution is -2.35. The number of hydrogen-bond acceptors (Lipinski definition) is 5. The third kappa shape index (κ3) is 3.15. The van der Waals surface area contributed by atoms with E-state index in [1.807, 2.05) is 12.1 Å². The number of hydrogen-bond donors (Lipinski definition) is 2. The van der Waals surface area contributed by atoms with E-state index in [4.69, 9.17) is 16.2 Å². The van der Waals surface area contributed by atoms with Gasteiger partial charge in [0.05, 0.1) is 18.9 Å². The van der Waals surface area contributed by atoms with Crippen LogP contribution >= 0.6 is 0 Å². The van der Waals surface area contributed by atoms with Gasteiger partial charge in [-0.3, -0.25) is 4.90 Å². The van der Waals surface area contributed by atoms with Crippen LogP contribution in [0.1, 0.15) is 5.56 Å². The van der Waals surface area contributed by atoms with Crippen molar-refractivity contribution < 1.29 is 4.74 Å². The second kappa shape index (κ2) is 6.11. The molecule has 1 saturated heterocycles. The standard InChI is InChI=1S/C16H20N4O/c17-15-14(4-5-19-16(15)18)13-3-1-2-12(10-13)11-20-6-8-21-9-7-20/h1-5,10H,6-9,11,17H2,(H2,18,19). The first-order chi connectivity index (χ1) is 10.2. The van der Waals surface area contributed by atoms with Gasteiger partial charge in [0, 0.05) is 31.4 Å². The van der Waals surface area contributed by atoms with Crippen molar-refractivity contribution in [3.8, 4) is 11.1 Å². The zero-order chi connectivity index (χ0) is 14.7. The van der Waals surface area contributed by atoms with Gasteiger partial charge in [-0.15, -0.1) is 0 Å². The molecular formula is C16H20N4O. The quantitative estimate of drug-likeness (QED) is 0.898. The molecule has 1 aliphatic heterocycles. The van der Waals surface area contributed by atoms with Gasteiger partial charge in [-0.25, -0.2) is 4.98 Å². The average molecular weight is 284 g/mol. The Morgan fingerprint density at radius 1 is 1.14 bits per heavy atom. The van der Waals surface area contributed by atoms with Crippen LogP contribution in [-0.2, 0) is 11.3 Å². The number of nitrogens with zero attached hydrogens (tertiary/aromatic N) is 2. The predicted octanol–water partition coefficient (Wildman–Crippen LogP) is 1.75. The molecule has 0 unspecified atom stereocenters. The molecule has 2 aromatic rings. The smallest absolute Gasteiger partial charge is 0.147 e. The molecule has 110 valence electrons. The number of anilines is 2. The van der Waals surface area contributed by atoms with E-state index < -0.39 is 0 Å². The van der Waals surface area contributed by atoms with Crippen LogP contribution in [0.2, 0.25) is 0 Å². The van der Waals surface area contributed by atoms with Crippen molar-refractivity contribution in [1.82, 2.24) is 9.88 Å². The zero-order valence-electron chi connectivity index (χ0n) is 12.0. The van der Waals surface area contributed by atoms with E-state index in [9.17, 15) is 0 Å². The second-order valence-electron chi connectivity index (χ2n) is 5.25. The fourth-order valence-corrected chi connectivity index (χ4v) is 2.60. The first-order valence-electron chi connectivity index (χ1n) is 7.13. The van der Waals surface area contributed by atoms with Gasteiger partial charge in [0.1, 0.15) is 5.82 Å². The number of rotatable bonds is 3. The molecule has 1 aliphatic rings. The maximum absolute atomic E-state index is 6.03. The molecule has 0 saturated carbocycles. The first-order valence-corrected chi connectivity index (χ1v) is 7.13. The van der Waals surface area contributed by atoms with Crippen molar-refractivity contribution in [2.45, 2.75) is 6.54 Å². The Hall–Kier alpha value is -2.11. The summed E-state index contributed by atoms with van der Waals surface area (Å²) in [5.41, 5.74) is 15.6. The first kappa shape index (κ1) is 13.9. The molecule has 0 radical (unpaired) electrons. The number of aromatic nitrogens is 1. The third-order valence-corrected chi connectivity index (χ3v) is 3.77. The maximum Gasteiger partial charge on any atom is 0.147 e. The summed E-state index contributed by atoms with van der Waals surface area (Å²) in [6.45, 7) is 4.52. The van der Waals surface area contributed by atoms with E-state index >= 15 is 0 Å². The Morgan fingerprint density at radius 2 is 1.95 bits per heavy atom. The number of morpholine rings is 1. The topological polar surface area (TPSA) is 77.4 Å². The molecule has 21 heavy (non-hydrogen) atoms. The SMILES string of the molecule is Nc1nccc(-c2cccc(CN3CCOCC3)c2)c1N. The number of ether oxygens (including phenoxy) is 1. The third-order valence-electron chi connectivity index (χ3n) is 3.77. The number of pyridine rings is 1. The number of nitrogen functional groups attached to an aromatic ring is 2.